The number of rotatable bonds is 5. The van der Waals surface area contributed by atoms with Gasteiger partial charge in [-0.3, -0.25) is 4.79 Å². The Morgan fingerprint density at radius 2 is 2.27 bits per heavy atom. The number of carbonyl (C=O) groups excluding carboxylic acids is 1. The number of carbonyl (C=O) groups is 1. The summed E-state index contributed by atoms with van der Waals surface area (Å²) < 4.78 is 5.19. The maximum Gasteiger partial charge on any atom is 0.224 e. The van der Waals surface area contributed by atoms with Crippen molar-refractivity contribution < 1.29 is 9.53 Å². The lowest BCUT2D eigenvalue weighted by molar-refractivity contribution is -0.116. The van der Waals surface area contributed by atoms with Crippen LogP contribution < -0.4 is 10.1 Å². The molecule has 0 saturated carbocycles. The van der Waals surface area contributed by atoms with Crippen LogP contribution in [-0.2, 0) is 4.79 Å². The second-order valence-corrected chi connectivity index (χ2v) is 3.12. The van der Waals surface area contributed by atoms with Crippen molar-refractivity contribution in [3.8, 4) is 5.88 Å². The fourth-order valence-corrected chi connectivity index (χ4v) is 1.14. The highest BCUT2D eigenvalue weighted by Gasteiger charge is 2.01. The van der Waals surface area contributed by atoms with E-state index in [4.69, 9.17) is 4.74 Å². The van der Waals surface area contributed by atoms with Gasteiger partial charge in [0.1, 0.15) is 0 Å². The van der Waals surface area contributed by atoms with Crippen molar-refractivity contribution >= 4 is 11.6 Å². The number of hydrogen-bond acceptors (Lipinski definition) is 3. The summed E-state index contributed by atoms with van der Waals surface area (Å²) in [6, 6.07) is 3.52. The van der Waals surface area contributed by atoms with Crippen LogP contribution in [0.15, 0.2) is 18.3 Å². The normalized spacial score (nSPS) is 9.73. The van der Waals surface area contributed by atoms with E-state index in [1.165, 1.54) is 0 Å². The number of ether oxygens (including phenoxy) is 1. The third kappa shape index (κ3) is 3.97. The molecule has 1 rings (SSSR count). The van der Waals surface area contributed by atoms with E-state index in [-0.39, 0.29) is 5.91 Å². The molecule has 1 aromatic rings. The molecule has 0 aliphatic rings. The molecule has 0 fully saturated rings. The zero-order valence-electron chi connectivity index (χ0n) is 9.12. The van der Waals surface area contributed by atoms with Crippen LogP contribution in [0.25, 0.3) is 0 Å². The van der Waals surface area contributed by atoms with Gasteiger partial charge in [-0.25, -0.2) is 4.98 Å². The van der Waals surface area contributed by atoms with Gasteiger partial charge < -0.3 is 10.1 Å². The number of nitrogens with one attached hydrogen (secondary N) is 1. The first kappa shape index (κ1) is 11.5. The third-order valence-corrected chi connectivity index (χ3v) is 1.79. The lowest BCUT2D eigenvalue weighted by Crippen LogP contribution is -2.10. The molecule has 1 amide bonds. The van der Waals surface area contributed by atoms with E-state index in [1.54, 1.807) is 18.3 Å². The fourth-order valence-electron chi connectivity index (χ4n) is 1.14. The van der Waals surface area contributed by atoms with Gasteiger partial charge in [0.25, 0.3) is 0 Å². The van der Waals surface area contributed by atoms with Gasteiger partial charge in [-0.15, -0.1) is 0 Å². The molecule has 0 unspecified atom stereocenters. The van der Waals surface area contributed by atoms with E-state index in [9.17, 15) is 4.79 Å². The van der Waals surface area contributed by atoms with Crippen molar-refractivity contribution in [3.63, 3.8) is 0 Å². The van der Waals surface area contributed by atoms with Crippen LogP contribution in [0, 0.1) is 0 Å². The molecule has 15 heavy (non-hydrogen) atoms. The standard InChI is InChI=1S/C11H16N2O2/c1-3-5-10(14)13-9-6-7-11(12-8-9)15-4-2/h6-8H,3-5H2,1-2H3,(H,13,14). The molecule has 0 saturated heterocycles. The quantitative estimate of drug-likeness (QED) is 0.807. The summed E-state index contributed by atoms with van der Waals surface area (Å²) in [5, 5.41) is 2.76. The minimum absolute atomic E-state index is 0.0171. The summed E-state index contributed by atoms with van der Waals surface area (Å²) in [5.74, 6) is 0.592. The van der Waals surface area contributed by atoms with E-state index in [0.29, 0.717) is 24.6 Å². The Labute approximate surface area is 89.7 Å². The lowest BCUT2D eigenvalue weighted by atomic mass is 10.3. The first-order chi connectivity index (χ1) is 7.26. The number of aromatic nitrogens is 1. The lowest BCUT2D eigenvalue weighted by Gasteiger charge is -2.05. The van der Waals surface area contributed by atoms with Crippen molar-refractivity contribution in [2.75, 3.05) is 11.9 Å². The van der Waals surface area contributed by atoms with Crippen molar-refractivity contribution in [1.82, 2.24) is 4.98 Å². The average Bonchev–Trinajstić information content (AvgIpc) is 2.22. The summed E-state index contributed by atoms with van der Waals surface area (Å²) in [5.41, 5.74) is 0.705. The summed E-state index contributed by atoms with van der Waals surface area (Å²) in [4.78, 5) is 15.3. The second kappa shape index (κ2) is 6.01. The molecule has 0 radical (unpaired) electrons. The molecule has 4 nitrogen and oxygen atoms in total. The Kier molecular flexibility index (Phi) is 4.60. The van der Waals surface area contributed by atoms with E-state index < -0.39 is 0 Å². The SMILES string of the molecule is CCCC(=O)Nc1ccc(OCC)nc1. The van der Waals surface area contributed by atoms with Crippen LogP contribution in [0.3, 0.4) is 0 Å². The molecule has 0 aliphatic carbocycles. The molecule has 1 N–H and O–H groups in total. The second-order valence-electron chi connectivity index (χ2n) is 3.12. The van der Waals surface area contributed by atoms with E-state index in [2.05, 4.69) is 10.3 Å². The molecule has 82 valence electrons. The molecule has 0 spiro atoms. The smallest absolute Gasteiger partial charge is 0.224 e. The van der Waals surface area contributed by atoms with Crippen LogP contribution in [0.5, 0.6) is 5.88 Å². The molecule has 0 bridgehead atoms. The summed E-state index contributed by atoms with van der Waals surface area (Å²) in [6.45, 7) is 4.46. The van der Waals surface area contributed by atoms with Crippen molar-refractivity contribution in [3.05, 3.63) is 18.3 Å². The first-order valence-corrected chi connectivity index (χ1v) is 5.15. The summed E-state index contributed by atoms with van der Waals surface area (Å²) >= 11 is 0. The monoisotopic (exact) mass is 208 g/mol. The molecule has 1 aromatic heterocycles. The predicted molar refractivity (Wildman–Crippen MR) is 58.9 cm³/mol. The Morgan fingerprint density at radius 1 is 1.47 bits per heavy atom. The zero-order valence-corrected chi connectivity index (χ0v) is 9.12. The van der Waals surface area contributed by atoms with Crippen molar-refractivity contribution in [2.24, 2.45) is 0 Å². The summed E-state index contributed by atoms with van der Waals surface area (Å²) in [6.07, 6.45) is 2.97. The van der Waals surface area contributed by atoms with Gasteiger partial charge in [-0.05, 0) is 19.4 Å². The van der Waals surface area contributed by atoms with Crippen molar-refractivity contribution in [2.45, 2.75) is 26.7 Å². The van der Waals surface area contributed by atoms with Crippen molar-refractivity contribution in [1.29, 1.82) is 0 Å². The Morgan fingerprint density at radius 3 is 2.80 bits per heavy atom. The van der Waals surface area contributed by atoms with Gasteiger partial charge in [0.2, 0.25) is 11.8 Å². The molecular formula is C11H16N2O2. The molecule has 0 aliphatic heterocycles. The van der Waals surface area contributed by atoms with E-state index in [0.717, 1.165) is 6.42 Å². The van der Waals surface area contributed by atoms with Gasteiger partial charge in [0, 0.05) is 12.5 Å². The van der Waals surface area contributed by atoms with Crippen LogP contribution in [-0.4, -0.2) is 17.5 Å². The molecule has 0 atom stereocenters. The Hall–Kier alpha value is -1.58. The maximum absolute atomic E-state index is 11.3. The fraction of sp³-hybridized carbons (Fsp3) is 0.455. The van der Waals surface area contributed by atoms with Gasteiger partial charge >= 0.3 is 0 Å². The average molecular weight is 208 g/mol. The highest BCUT2D eigenvalue weighted by molar-refractivity contribution is 5.90. The largest absolute Gasteiger partial charge is 0.478 e. The highest BCUT2D eigenvalue weighted by Crippen LogP contribution is 2.11. The number of pyridine rings is 1. The first-order valence-electron chi connectivity index (χ1n) is 5.15. The number of nitrogens with zero attached hydrogens (tertiary/aromatic N) is 1. The number of hydrogen-bond donors (Lipinski definition) is 1. The minimum Gasteiger partial charge on any atom is -0.478 e. The van der Waals surface area contributed by atoms with Crippen LogP contribution >= 0.6 is 0 Å². The van der Waals surface area contributed by atoms with Crippen LogP contribution in [0.4, 0.5) is 5.69 Å². The number of anilines is 1. The topological polar surface area (TPSA) is 51.2 Å². The molecule has 1 heterocycles. The third-order valence-electron chi connectivity index (χ3n) is 1.79. The van der Waals surface area contributed by atoms with Crippen LogP contribution in [0.2, 0.25) is 0 Å². The van der Waals surface area contributed by atoms with Gasteiger partial charge in [0.05, 0.1) is 18.5 Å². The maximum atomic E-state index is 11.3. The molecular weight excluding hydrogens is 192 g/mol. The predicted octanol–water partition coefficient (Wildman–Crippen LogP) is 2.22. The minimum atomic E-state index is 0.0171. The van der Waals surface area contributed by atoms with Gasteiger partial charge in [-0.1, -0.05) is 6.92 Å². The zero-order chi connectivity index (χ0) is 11.1. The Balaban J connectivity index is 2.52. The Bertz CT molecular complexity index is 309. The van der Waals surface area contributed by atoms with Gasteiger partial charge in [0.15, 0.2) is 0 Å². The molecule has 0 aromatic carbocycles. The highest BCUT2D eigenvalue weighted by atomic mass is 16.5. The van der Waals surface area contributed by atoms with Gasteiger partial charge in [-0.2, -0.15) is 0 Å². The van der Waals surface area contributed by atoms with Crippen LogP contribution in [0.1, 0.15) is 26.7 Å². The number of amides is 1. The molecule has 4 heteroatoms. The van der Waals surface area contributed by atoms with E-state index in [1.807, 2.05) is 13.8 Å². The van der Waals surface area contributed by atoms with E-state index >= 15 is 0 Å². The summed E-state index contributed by atoms with van der Waals surface area (Å²) in [7, 11) is 0.